The first-order valence-electron chi connectivity index (χ1n) is 11.0. The van der Waals surface area contributed by atoms with Gasteiger partial charge in [0.05, 0.1) is 7.11 Å². The van der Waals surface area contributed by atoms with E-state index in [1.165, 1.54) is 10.6 Å². The van der Waals surface area contributed by atoms with Crippen LogP contribution in [0.5, 0.6) is 5.75 Å². The van der Waals surface area contributed by atoms with Gasteiger partial charge in [-0.25, -0.2) is 4.79 Å². The van der Waals surface area contributed by atoms with Gasteiger partial charge in [-0.2, -0.15) is 0 Å². The summed E-state index contributed by atoms with van der Waals surface area (Å²) in [6.07, 6.45) is 1.80. The number of nitrogens with zero attached hydrogens (tertiary/aromatic N) is 4. The second-order valence-corrected chi connectivity index (χ2v) is 7.96. The summed E-state index contributed by atoms with van der Waals surface area (Å²) in [5.41, 5.74) is 3.12. The van der Waals surface area contributed by atoms with E-state index in [0.29, 0.717) is 6.54 Å². The summed E-state index contributed by atoms with van der Waals surface area (Å²) >= 11 is 0. The average molecular weight is 423 g/mol. The summed E-state index contributed by atoms with van der Waals surface area (Å²) in [4.78, 5) is 32.5. The van der Waals surface area contributed by atoms with Crippen LogP contribution in [0, 0.1) is 0 Å². The molecule has 164 valence electrons. The first-order chi connectivity index (χ1) is 15.1. The van der Waals surface area contributed by atoms with E-state index in [4.69, 9.17) is 4.74 Å². The van der Waals surface area contributed by atoms with E-state index in [1.807, 2.05) is 36.4 Å². The number of carbonyl (C=O) groups is 2. The van der Waals surface area contributed by atoms with Crippen molar-refractivity contribution in [2.45, 2.75) is 19.8 Å². The van der Waals surface area contributed by atoms with Crippen LogP contribution >= 0.6 is 0 Å². The minimum Gasteiger partial charge on any atom is -0.497 e. The van der Waals surface area contributed by atoms with Gasteiger partial charge in [0.15, 0.2) is 0 Å². The van der Waals surface area contributed by atoms with Crippen molar-refractivity contribution in [3.05, 3.63) is 48.5 Å². The Labute approximate surface area is 183 Å². The molecule has 31 heavy (non-hydrogen) atoms. The van der Waals surface area contributed by atoms with Gasteiger partial charge in [-0.1, -0.05) is 13.3 Å². The molecule has 0 atom stereocenters. The van der Waals surface area contributed by atoms with Crippen LogP contribution in [0.3, 0.4) is 0 Å². The van der Waals surface area contributed by atoms with Gasteiger partial charge in [0.1, 0.15) is 12.3 Å². The summed E-state index contributed by atoms with van der Waals surface area (Å²) in [7, 11) is 1.68. The number of methoxy groups -OCH3 is 1. The molecule has 0 spiro atoms. The Bertz CT molecular complexity index is 905. The molecule has 7 nitrogen and oxygen atoms in total. The molecule has 0 saturated carbocycles. The van der Waals surface area contributed by atoms with Gasteiger partial charge >= 0.3 is 6.03 Å². The minimum absolute atomic E-state index is 0.114. The molecule has 2 aromatic rings. The van der Waals surface area contributed by atoms with Crippen molar-refractivity contribution in [1.29, 1.82) is 0 Å². The van der Waals surface area contributed by atoms with E-state index in [0.717, 1.165) is 56.1 Å². The zero-order valence-electron chi connectivity index (χ0n) is 18.3. The van der Waals surface area contributed by atoms with Gasteiger partial charge in [-0.3, -0.25) is 14.6 Å². The Morgan fingerprint density at radius 2 is 1.32 bits per heavy atom. The quantitative estimate of drug-likeness (QED) is 0.639. The zero-order valence-corrected chi connectivity index (χ0v) is 18.3. The summed E-state index contributed by atoms with van der Waals surface area (Å²) in [5, 5.41) is 0. The number of urea groups is 1. The Morgan fingerprint density at radius 3 is 1.84 bits per heavy atom. The van der Waals surface area contributed by atoms with Gasteiger partial charge < -0.3 is 14.5 Å². The van der Waals surface area contributed by atoms with Crippen LogP contribution in [0.2, 0.25) is 0 Å². The van der Waals surface area contributed by atoms with Crippen molar-refractivity contribution >= 4 is 29.0 Å². The summed E-state index contributed by atoms with van der Waals surface area (Å²) < 4.78 is 5.24. The van der Waals surface area contributed by atoms with Crippen LogP contribution in [0.1, 0.15) is 19.8 Å². The molecule has 2 aliphatic rings. The zero-order chi connectivity index (χ0) is 21.8. The predicted octanol–water partition coefficient (Wildman–Crippen LogP) is 3.59. The van der Waals surface area contributed by atoms with E-state index < -0.39 is 0 Å². The van der Waals surface area contributed by atoms with E-state index >= 15 is 0 Å². The molecule has 2 heterocycles. The van der Waals surface area contributed by atoms with Crippen LogP contribution < -0.4 is 19.4 Å². The molecule has 7 heteroatoms. The molecule has 0 aliphatic carbocycles. The molecule has 0 unspecified atom stereocenters. The maximum Gasteiger partial charge on any atom is 0.331 e. The number of imide groups is 1. The SMILES string of the molecule is CCCCN1C(=O)CN(c2ccc(N3CCN(c4ccc(OC)cc4)CC3)cc2)C1=O. The Morgan fingerprint density at radius 1 is 0.806 bits per heavy atom. The lowest BCUT2D eigenvalue weighted by atomic mass is 10.2. The first-order valence-corrected chi connectivity index (χ1v) is 11.0. The first kappa shape index (κ1) is 21.0. The molecule has 4 rings (SSSR count). The third kappa shape index (κ3) is 4.45. The molecule has 0 aromatic heterocycles. The molecular weight excluding hydrogens is 392 g/mol. The average Bonchev–Trinajstić information content (AvgIpc) is 3.11. The lowest BCUT2D eigenvalue weighted by Crippen LogP contribution is -2.46. The van der Waals surface area contributed by atoms with Gasteiger partial charge in [-0.15, -0.1) is 0 Å². The minimum atomic E-state index is -0.209. The standard InChI is InChI=1S/C24H30N4O3/c1-3-4-13-27-23(29)18-28(24(27)30)21-7-5-19(6-8-21)25-14-16-26(17-15-25)20-9-11-22(31-2)12-10-20/h5-12H,3-4,13-18H2,1-2H3. The number of rotatable bonds is 7. The number of anilines is 3. The summed E-state index contributed by atoms with van der Waals surface area (Å²) in [6.45, 7) is 6.43. The lowest BCUT2D eigenvalue weighted by molar-refractivity contribution is -0.124. The van der Waals surface area contributed by atoms with E-state index in [1.54, 1.807) is 12.0 Å². The Hall–Kier alpha value is -3.22. The smallest absolute Gasteiger partial charge is 0.331 e. The molecule has 3 amide bonds. The highest BCUT2D eigenvalue weighted by Crippen LogP contribution is 2.27. The van der Waals surface area contributed by atoms with E-state index in [-0.39, 0.29) is 18.5 Å². The number of hydrogen-bond acceptors (Lipinski definition) is 5. The molecule has 0 N–H and O–H groups in total. The third-order valence-electron chi connectivity index (χ3n) is 6.04. The number of ether oxygens (including phenoxy) is 1. The van der Waals surface area contributed by atoms with Crippen molar-refractivity contribution in [3.63, 3.8) is 0 Å². The Kier molecular flexibility index (Phi) is 6.30. The topological polar surface area (TPSA) is 56.3 Å². The number of hydrogen-bond donors (Lipinski definition) is 0. The molecule has 0 bridgehead atoms. The van der Waals surface area contributed by atoms with Gasteiger partial charge in [0.25, 0.3) is 5.91 Å². The highest BCUT2D eigenvalue weighted by molar-refractivity contribution is 6.12. The predicted molar refractivity (Wildman–Crippen MR) is 123 cm³/mol. The highest BCUT2D eigenvalue weighted by atomic mass is 16.5. The number of benzene rings is 2. The van der Waals surface area contributed by atoms with Crippen molar-refractivity contribution in [2.75, 3.05) is 61.1 Å². The molecule has 2 saturated heterocycles. The van der Waals surface area contributed by atoms with Crippen molar-refractivity contribution in [1.82, 2.24) is 4.90 Å². The van der Waals surface area contributed by atoms with Crippen LogP contribution in [0.25, 0.3) is 0 Å². The van der Waals surface area contributed by atoms with Crippen molar-refractivity contribution in [2.24, 2.45) is 0 Å². The molecular formula is C24H30N4O3. The van der Waals surface area contributed by atoms with Gasteiger partial charge in [-0.05, 0) is 55.0 Å². The third-order valence-corrected chi connectivity index (χ3v) is 6.04. The van der Waals surface area contributed by atoms with Crippen LogP contribution in [0.15, 0.2) is 48.5 Å². The largest absolute Gasteiger partial charge is 0.497 e. The highest BCUT2D eigenvalue weighted by Gasteiger charge is 2.36. The van der Waals surface area contributed by atoms with E-state index in [2.05, 4.69) is 28.9 Å². The second-order valence-electron chi connectivity index (χ2n) is 7.96. The van der Waals surface area contributed by atoms with Gasteiger partial charge in [0, 0.05) is 49.8 Å². The van der Waals surface area contributed by atoms with Crippen LogP contribution in [-0.4, -0.2) is 63.2 Å². The van der Waals surface area contributed by atoms with Crippen LogP contribution in [-0.2, 0) is 4.79 Å². The fourth-order valence-electron chi connectivity index (χ4n) is 4.14. The van der Waals surface area contributed by atoms with Gasteiger partial charge in [0.2, 0.25) is 0 Å². The maximum atomic E-state index is 12.6. The number of carbonyl (C=O) groups excluding carboxylic acids is 2. The summed E-state index contributed by atoms with van der Waals surface area (Å²) in [5.74, 6) is 0.756. The normalized spacial score (nSPS) is 17.0. The Balaban J connectivity index is 1.36. The van der Waals surface area contributed by atoms with Crippen molar-refractivity contribution < 1.29 is 14.3 Å². The lowest BCUT2D eigenvalue weighted by Gasteiger charge is -2.37. The summed E-state index contributed by atoms with van der Waals surface area (Å²) in [6, 6.07) is 16.0. The molecule has 2 fully saturated rings. The number of unbranched alkanes of at least 4 members (excludes halogenated alkanes) is 1. The van der Waals surface area contributed by atoms with Crippen molar-refractivity contribution in [3.8, 4) is 5.75 Å². The number of amides is 3. The number of piperazine rings is 1. The second kappa shape index (κ2) is 9.29. The maximum absolute atomic E-state index is 12.6. The molecule has 0 radical (unpaired) electrons. The monoisotopic (exact) mass is 422 g/mol. The van der Waals surface area contributed by atoms with E-state index in [9.17, 15) is 9.59 Å². The molecule has 2 aliphatic heterocycles. The van der Waals surface area contributed by atoms with Crippen LogP contribution in [0.4, 0.5) is 21.9 Å². The molecule has 2 aromatic carbocycles. The fourth-order valence-corrected chi connectivity index (χ4v) is 4.14. The fraction of sp³-hybridized carbons (Fsp3) is 0.417.